The van der Waals surface area contributed by atoms with Crippen molar-refractivity contribution >= 4 is 5.96 Å². The molecule has 1 saturated heterocycles. The molecule has 0 bridgehead atoms. The second-order valence-corrected chi connectivity index (χ2v) is 7.12. The van der Waals surface area contributed by atoms with E-state index in [9.17, 15) is 0 Å². The van der Waals surface area contributed by atoms with Crippen molar-refractivity contribution in [3.63, 3.8) is 0 Å². The SMILES string of the molecule is CCNC(=NCC1CCCN(C)C1)NC(C)C(C)c1ccccc1. The molecular formula is C20H34N4. The van der Waals surface area contributed by atoms with Crippen LogP contribution in [-0.2, 0) is 0 Å². The zero-order valence-corrected chi connectivity index (χ0v) is 15.8. The van der Waals surface area contributed by atoms with Gasteiger partial charge in [0, 0.05) is 31.6 Å². The van der Waals surface area contributed by atoms with Gasteiger partial charge in [-0.2, -0.15) is 0 Å². The van der Waals surface area contributed by atoms with Crippen molar-refractivity contribution in [1.29, 1.82) is 0 Å². The first-order valence-corrected chi connectivity index (χ1v) is 9.38. The Kier molecular flexibility index (Phi) is 7.57. The maximum Gasteiger partial charge on any atom is 0.191 e. The third kappa shape index (κ3) is 5.82. The number of likely N-dealkylation sites (tertiary alicyclic amines) is 1. The fourth-order valence-electron chi connectivity index (χ4n) is 3.35. The number of rotatable bonds is 6. The van der Waals surface area contributed by atoms with Crippen LogP contribution < -0.4 is 10.6 Å². The number of hydrogen-bond acceptors (Lipinski definition) is 2. The van der Waals surface area contributed by atoms with E-state index < -0.39 is 0 Å². The first-order valence-electron chi connectivity index (χ1n) is 9.38. The summed E-state index contributed by atoms with van der Waals surface area (Å²) in [5.74, 6) is 2.07. The summed E-state index contributed by atoms with van der Waals surface area (Å²) in [6, 6.07) is 11.0. The van der Waals surface area contributed by atoms with Crippen LogP contribution in [0.3, 0.4) is 0 Å². The molecule has 1 aromatic rings. The highest BCUT2D eigenvalue weighted by Crippen LogP contribution is 2.19. The molecule has 3 unspecified atom stereocenters. The van der Waals surface area contributed by atoms with Crippen LogP contribution in [0.15, 0.2) is 35.3 Å². The molecule has 24 heavy (non-hydrogen) atoms. The predicted molar refractivity (Wildman–Crippen MR) is 104 cm³/mol. The molecule has 2 rings (SSSR count). The van der Waals surface area contributed by atoms with E-state index in [0.717, 1.165) is 19.0 Å². The second kappa shape index (κ2) is 9.67. The van der Waals surface area contributed by atoms with E-state index in [2.05, 4.69) is 73.7 Å². The van der Waals surface area contributed by atoms with Gasteiger partial charge in [0.05, 0.1) is 0 Å². The van der Waals surface area contributed by atoms with Crippen molar-refractivity contribution in [3.05, 3.63) is 35.9 Å². The van der Waals surface area contributed by atoms with Gasteiger partial charge in [-0.1, -0.05) is 37.3 Å². The summed E-state index contributed by atoms with van der Waals surface area (Å²) < 4.78 is 0. The molecule has 0 spiro atoms. The molecule has 134 valence electrons. The number of hydrogen-bond donors (Lipinski definition) is 2. The van der Waals surface area contributed by atoms with Crippen LogP contribution in [-0.4, -0.2) is 50.1 Å². The van der Waals surface area contributed by atoms with Gasteiger partial charge in [0.2, 0.25) is 0 Å². The molecule has 0 amide bonds. The Balaban J connectivity index is 1.92. The molecule has 3 atom stereocenters. The Hall–Kier alpha value is -1.55. The van der Waals surface area contributed by atoms with E-state index in [1.54, 1.807) is 0 Å². The molecule has 1 fully saturated rings. The predicted octanol–water partition coefficient (Wildman–Crippen LogP) is 3.08. The fraction of sp³-hybridized carbons (Fsp3) is 0.650. The third-order valence-corrected chi connectivity index (χ3v) is 5.01. The molecule has 0 aromatic heterocycles. The highest BCUT2D eigenvalue weighted by atomic mass is 15.2. The van der Waals surface area contributed by atoms with Crippen LogP contribution in [0.1, 0.15) is 45.1 Å². The fourth-order valence-corrected chi connectivity index (χ4v) is 3.35. The average Bonchev–Trinajstić information content (AvgIpc) is 2.60. The van der Waals surface area contributed by atoms with Crippen molar-refractivity contribution < 1.29 is 0 Å². The van der Waals surface area contributed by atoms with Crippen molar-refractivity contribution in [3.8, 4) is 0 Å². The minimum atomic E-state index is 0.333. The molecule has 4 heteroatoms. The molecule has 0 aliphatic carbocycles. The summed E-state index contributed by atoms with van der Waals surface area (Å²) in [5.41, 5.74) is 1.36. The number of aliphatic imine (C=N–C) groups is 1. The van der Waals surface area contributed by atoms with E-state index in [1.165, 1.54) is 31.5 Å². The quantitative estimate of drug-likeness (QED) is 0.622. The van der Waals surface area contributed by atoms with Crippen LogP contribution in [0.5, 0.6) is 0 Å². The summed E-state index contributed by atoms with van der Waals surface area (Å²) in [5, 5.41) is 6.99. The number of guanidine groups is 1. The number of benzene rings is 1. The van der Waals surface area contributed by atoms with E-state index in [0.29, 0.717) is 17.9 Å². The van der Waals surface area contributed by atoms with Gasteiger partial charge in [-0.25, -0.2) is 0 Å². The average molecular weight is 331 g/mol. The molecule has 0 radical (unpaired) electrons. The summed E-state index contributed by atoms with van der Waals surface area (Å²) >= 11 is 0. The van der Waals surface area contributed by atoms with Crippen molar-refractivity contribution in [2.75, 3.05) is 33.2 Å². The lowest BCUT2D eigenvalue weighted by Crippen LogP contribution is -2.44. The molecule has 0 saturated carbocycles. The molecule has 1 aliphatic rings. The van der Waals surface area contributed by atoms with Gasteiger partial charge in [-0.05, 0) is 51.8 Å². The maximum atomic E-state index is 4.86. The van der Waals surface area contributed by atoms with Crippen LogP contribution in [0.25, 0.3) is 0 Å². The molecule has 1 heterocycles. The summed E-state index contributed by atoms with van der Waals surface area (Å²) in [6.07, 6.45) is 2.59. The van der Waals surface area contributed by atoms with Gasteiger partial charge < -0.3 is 15.5 Å². The normalized spacial score (nSPS) is 22.0. The Morgan fingerprint density at radius 3 is 2.71 bits per heavy atom. The van der Waals surface area contributed by atoms with Crippen LogP contribution in [0, 0.1) is 5.92 Å². The van der Waals surface area contributed by atoms with Gasteiger partial charge in [0.25, 0.3) is 0 Å². The third-order valence-electron chi connectivity index (χ3n) is 5.01. The summed E-state index contributed by atoms with van der Waals surface area (Å²) in [4.78, 5) is 7.28. The lowest BCUT2D eigenvalue weighted by Gasteiger charge is -2.29. The largest absolute Gasteiger partial charge is 0.357 e. The number of piperidine rings is 1. The van der Waals surface area contributed by atoms with Crippen LogP contribution in [0.2, 0.25) is 0 Å². The van der Waals surface area contributed by atoms with Crippen molar-refractivity contribution in [2.24, 2.45) is 10.9 Å². The highest BCUT2D eigenvalue weighted by Gasteiger charge is 2.18. The topological polar surface area (TPSA) is 39.7 Å². The first kappa shape index (κ1) is 18.8. The van der Waals surface area contributed by atoms with Gasteiger partial charge in [0.1, 0.15) is 0 Å². The standard InChI is InChI=1S/C20H34N4/c1-5-21-20(22-14-18-10-9-13-24(4)15-18)23-17(3)16(2)19-11-7-6-8-12-19/h6-8,11-12,16-18H,5,9-10,13-15H2,1-4H3,(H2,21,22,23). The monoisotopic (exact) mass is 330 g/mol. The minimum Gasteiger partial charge on any atom is -0.357 e. The summed E-state index contributed by atoms with van der Waals surface area (Å²) in [6.45, 7) is 10.8. The van der Waals surface area contributed by atoms with Crippen LogP contribution >= 0.6 is 0 Å². The minimum absolute atomic E-state index is 0.333. The molecular weight excluding hydrogens is 296 g/mol. The maximum absolute atomic E-state index is 4.86. The van der Waals surface area contributed by atoms with Crippen LogP contribution in [0.4, 0.5) is 0 Å². The Morgan fingerprint density at radius 2 is 2.04 bits per heavy atom. The number of nitrogens with one attached hydrogen (secondary N) is 2. The second-order valence-electron chi connectivity index (χ2n) is 7.12. The summed E-state index contributed by atoms with van der Waals surface area (Å²) in [7, 11) is 2.21. The van der Waals surface area contributed by atoms with Crippen molar-refractivity contribution in [1.82, 2.24) is 15.5 Å². The Bertz CT molecular complexity index is 500. The molecule has 4 nitrogen and oxygen atoms in total. The molecule has 1 aromatic carbocycles. The van der Waals surface area contributed by atoms with Gasteiger partial charge in [0.15, 0.2) is 5.96 Å². The highest BCUT2D eigenvalue weighted by molar-refractivity contribution is 5.80. The van der Waals surface area contributed by atoms with E-state index in [-0.39, 0.29) is 0 Å². The smallest absolute Gasteiger partial charge is 0.191 e. The van der Waals surface area contributed by atoms with Gasteiger partial charge in [-0.3, -0.25) is 4.99 Å². The van der Waals surface area contributed by atoms with Crippen molar-refractivity contribution in [2.45, 2.75) is 45.6 Å². The zero-order valence-electron chi connectivity index (χ0n) is 15.8. The Labute approximate surface area is 147 Å². The Morgan fingerprint density at radius 1 is 1.29 bits per heavy atom. The molecule has 1 aliphatic heterocycles. The zero-order chi connectivity index (χ0) is 17.4. The van der Waals surface area contributed by atoms with E-state index in [1.807, 2.05) is 0 Å². The van der Waals surface area contributed by atoms with E-state index in [4.69, 9.17) is 4.99 Å². The number of nitrogens with zero attached hydrogens (tertiary/aromatic N) is 2. The lowest BCUT2D eigenvalue weighted by atomic mass is 9.94. The lowest BCUT2D eigenvalue weighted by molar-refractivity contribution is 0.214. The van der Waals surface area contributed by atoms with Gasteiger partial charge >= 0.3 is 0 Å². The first-order chi connectivity index (χ1) is 11.6. The van der Waals surface area contributed by atoms with E-state index >= 15 is 0 Å². The molecule has 2 N–H and O–H groups in total. The van der Waals surface area contributed by atoms with Gasteiger partial charge in [-0.15, -0.1) is 0 Å².